The number of sulfone groups is 1. The van der Waals surface area contributed by atoms with E-state index < -0.39 is 22.0 Å². The number of amides is 2. The third kappa shape index (κ3) is 4.66. The maximum Gasteiger partial charge on any atom is 0.407 e. The quantitative estimate of drug-likeness (QED) is 0.366. The third-order valence-corrected chi connectivity index (χ3v) is 4.00. The number of alkyl halides is 1. The highest BCUT2D eigenvalue weighted by molar-refractivity contribution is 14.1. The van der Waals surface area contributed by atoms with Crippen molar-refractivity contribution in [3.05, 3.63) is 0 Å². The maximum absolute atomic E-state index is 11.2. The van der Waals surface area contributed by atoms with Gasteiger partial charge in [0.05, 0.1) is 11.8 Å². The van der Waals surface area contributed by atoms with Gasteiger partial charge in [0.2, 0.25) is 5.91 Å². The molecule has 2 N–H and O–H groups in total. The Morgan fingerprint density at radius 3 is 2.71 bits per heavy atom. The second-order valence-corrected chi connectivity index (χ2v) is 6.80. The summed E-state index contributed by atoms with van der Waals surface area (Å²) in [5.74, 6) is -0.487. The molecule has 0 radical (unpaired) electrons. The van der Waals surface area contributed by atoms with Crippen LogP contribution < -0.4 is 10.6 Å². The van der Waals surface area contributed by atoms with Gasteiger partial charge in [-0.3, -0.25) is 4.79 Å². The monoisotopic (exact) mass is 376 g/mol. The number of β-lactam (4-membered cyclic amide) rings is 1. The highest BCUT2D eigenvalue weighted by atomic mass is 127. The summed E-state index contributed by atoms with van der Waals surface area (Å²) < 4.78 is 26.9. The number of nitrogens with one attached hydrogen (secondary N) is 2. The number of carbonyl (C=O) groups is 2. The minimum atomic E-state index is -3.15. The summed E-state index contributed by atoms with van der Waals surface area (Å²) in [4.78, 5) is 22.3. The molecule has 0 aromatic heterocycles. The van der Waals surface area contributed by atoms with Crippen molar-refractivity contribution in [3.63, 3.8) is 0 Å². The second kappa shape index (κ2) is 5.85. The van der Waals surface area contributed by atoms with E-state index in [0.29, 0.717) is 4.43 Å². The lowest BCUT2D eigenvalue weighted by Gasteiger charge is -2.35. The molecule has 0 spiro atoms. The van der Waals surface area contributed by atoms with Gasteiger partial charge in [-0.05, 0) is 0 Å². The van der Waals surface area contributed by atoms with Crippen molar-refractivity contribution in [2.24, 2.45) is 0 Å². The molecule has 1 saturated heterocycles. The molecule has 1 aliphatic rings. The lowest BCUT2D eigenvalue weighted by molar-refractivity contribution is -0.130. The Balaban J connectivity index is 2.28. The van der Waals surface area contributed by atoms with E-state index >= 15 is 0 Å². The number of ether oxygens (including phenoxy) is 1. The van der Waals surface area contributed by atoms with Gasteiger partial charge in [0.25, 0.3) is 0 Å². The summed E-state index contributed by atoms with van der Waals surface area (Å²) in [6.07, 6.45) is 0.281. The molecule has 0 aromatic carbocycles. The van der Waals surface area contributed by atoms with E-state index in [0.717, 1.165) is 6.26 Å². The van der Waals surface area contributed by atoms with Crippen molar-refractivity contribution in [1.29, 1.82) is 0 Å². The fourth-order valence-corrected chi connectivity index (χ4v) is 2.31. The molecule has 1 rings (SSSR count). The van der Waals surface area contributed by atoms with E-state index in [1.54, 1.807) is 0 Å². The normalized spacial score (nSPS) is 23.5. The van der Waals surface area contributed by atoms with Crippen molar-refractivity contribution >= 4 is 44.4 Å². The number of carbonyl (C=O) groups excluding carboxylic acids is 2. The molecule has 2 atom stereocenters. The average Bonchev–Trinajstić information content (AvgIpc) is 2.20. The Morgan fingerprint density at radius 1 is 1.59 bits per heavy atom. The van der Waals surface area contributed by atoms with Gasteiger partial charge in [-0.15, -0.1) is 0 Å². The zero-order chi connectivity index (χ0) is 13.1. The molecule has 2 unspecified atom stereocenters. The SMILES string of the molecule is CS(=O)(=O)CCOC(=O)NC1C(=O)NC1CI. The molecule has 0 bridgehead atoms. The van der Waals surface area contributed by atoms with E-state index in [2.05, 4.69) is 38.0 Å². The molecular weight excluding hydrogens is 363 g/mol. The van der Waals surface area contributed by atoms with Crippen molar-refractivity contribution in [2.75, 3.05) is 23.0 Å². The Labute approximate surface area is 113 Å². The zero-order valence-corrected chi connectivity index (χ0v) is 12.1. The van der Waals surface area contributed by atoms with Crippen LogP contribution in [0, 0.1) is 0 Å². The molecule has 0 saturated carbocycles. The summed E-state index contributed by atoms with van der Waals surface area (Å²) >= 11 is 2.09. The lowest BCUT2D eigenvalue weighted by atomic mass is 10.0. The number of hydrogen-bond acceptors (Lipinski definition) is 5. The number of rotatable bonds is 5. The lowest BCUT2D eigenvalue weighted by Crippen LogP contribution is -2.69. The summed E-state index contributed by atoms with van der Waals surface area (Å²) in [5.41, 5.74) is 0. The van der Waals surface area contributed by atoms with Crippen molar-refractivity contribution in [1.82, 2.24) is 10.6 Å². The fraction of sp³-hybridized carbons (Fsp3) is 0.750. The van der Waals surface area contributed by atoms with E-state index in [-0.39, 0.29) is 24.3 Å². The van der Waals surface area contributed by atoms with E-state index in [1.807, 2.05) is 0 Å². The third-order valence-electron chi connectivity index (χ3n) is 2.14. The minimum absolute atomic E-state index is 0.0921. The van der Waals surface area contributed by atoms with Gasteiger partial charge in [0.15, 0.2) is 9.84 Å². The topological polar surface area (TPSA) is 102 Å². The average molecular weight is 376 g/mol. The van der Waals surface area contributed by atoms with Crippen LogP contribution in [-0.2, 0) is 19.4 Å². The van der Waals surface area contributed by atoms with Gasteiger partial charge in [-0.2, -0.15) is 0 Å². The predicted octanol–water partition coefficient (Wildman–Crippen LogP) is -0.941. The van der Waals surface area contributed by atoms with Crippen molar-refractivity contribution in [3.8, 4) is 0 Å². The van der Waals surface area contributed by atoms with Crippen LogP contribution in [0.4, 0.5) is 4.79 Å². The summed E-state index contributed by atoms with van der Waals surface area (Å²) in [6, 6.07) is -0.678. The first-order chi connectivity index (χ1) is 7.83. The van der Waals surface area contributed by atoms with Crippen molar-refractivity contribution < 1.29 is 22.7 Å². The standard InChI is InChI=1S/C8H13IN2O5S/c1-17(14,15)3-2-16-8(13)11-6-5(4-9)10-7(6)12/h5-6H,2-4H2,1H3,(H,10,12)(H,11,13). The molecule has 9 heteroatoms. The van der Waals surface area contributed by atoms with Gasteiger partial charge in [0.1, 0.15) is 12.6 Å². The van der Waals surface area contributed by atoms with Gasteiger partial charge in [0, 0.05) is 10.7 Å². The maximum atomic E-state index is 11.2. The van der Waals surface area contributed by atoms with E-state index in [9.17, 15) is 18.0 Å². The molecule has 1 heterocycles. The van der Waals surface area contributed by atoms with Crippen LogP contribution in [0.2, 0.25) is 0 Å². The Kier molecular flexibility index (Phi) is 4.98. The van der Waals surface area contributed by atoms with Crippen LogP contribution in [0.3, 0.4) is 0 Å². The first-order valence-electron chi connectivity index (χ1n) is 4.81. The Bertz CT molecular complexity index is 410. The first-order valence-corrected chi connectivity index (χ1v) is 8.39. The molecule has 2 amide bonds. The van der Waals surface area contributed by atoms with Gasteiger partial charge in [-0.1, -0.05) is 22.6 Å². The Hall–Kier alpha value is -0.580. The minimum Gasteiger partial charge on any atom is -0.448 e. The van der Waals surface area contributed by atoms with Crippen LogP contribution in [0.5, 0.6) is 0 Å². The number of halogens is 1. The van der Waals surface area contributed by atoms with Crippen molar-refractivity contribution in [2.45, 2.75) is 12.1 Å². The molecule has 0 aliphatic carbocycles. The van der Waals surface area contributed by atoms with Crippen LogP contribution >= 0.6 is 22.6 Å². The molecule has 0 aromatic rings. The first kappa shape index (κ1) is 14.5. The zero-order valence-electron chi connectivity index (χ0n) is 9.10. The molecule has 1 fully saturated rings. The van der Waals surface area contributed by atoms with Crippen LogP contribution in [-0.4, -0.2) is 55.5 Å². The smallest absolute Gasteiger partial charge is 0.407 e. The van der Waals surface area contributed by atoms with Gasteiger partial charge in [-0.25, -0.2) is 13.2 Å². The molecule has 7 nitrogen and oxygen atoms in total. The van der Waals surface area contributed by atoms with Crippen LogP contribution in [0.15, 0.2) is 0 Å². The Morgan fingerprint density at radius 2 is 2.24 bits per heavy atom. The summed E-state index contributed by atoms with van der Waals surface area (Å²) in [6.45, 7) is -0.214. The van der Waals surface area contributed by atoms with E-state index in [4.69, 9.17) is 0 Å². The predicted molar refractivity (Wildman–Crippen MR) is 68.8 cm³/mol. The second-order valence-electron chi connectivity index (χ2n) is 3.66. The highest BCUT2D eigenvalue weighted by Gasteiger charge is 2.39. The molecule has 98 valence electrons. The number of alkyl carbamates (subject to hydrolysis) is 1. The number of hydrogen-bond donors (Lipinski definition) is 2. The van der Waals surface area contributed by atoms with Gasteiger partial charge < -0.3 is 15.4 Å². The van der Waals surface area contributed by atoms with E-state index in [1.165, 1.54) is 0 Å². The largest absolute Gasteiger partial charge is 0.448 e. The van der Waals surface area contributed by atoms with Crippen LogP contribution in [0.1, 0.15) is 0 Å². The fourth-order valence-electron chi connectivity index (χ4n) is 1.19. The summed E-state index contributed by atoms with van der Waals surface area (Å²) in [5, 5.41) is 5.00. The van der Waals surface area contributed by atoms with Crippen LogP contribution in [0.25, 0.3) is 0 Å². The van der Waals surface area contributed by atoms with Gasteiger partial charge >= 0.3 is 6.09 Å². The molecule has 17 heavy (non-hydrogen) atoms. The summed E-state index contributed by atoms with van der Waals surface area (Å²) in [7, 11) is -3.15. The highest BCUT2D eigenvalue weighted by Crippen LogP contribution is 2.09. The molecular formula is C8H13IN2O5S. The molecule has 1 aliphatic heterocycles.